The lowest BCUT2D eigenvalue weighted by Gasteiger charge is -2.13. The summed E-state index contributed by atoms with van der Waals surface area (Å²) in [5.74, 6) is -0.416. The molecule has 170 valence electrons. The van der Waals surface area contributed by atoms with E-state index in [4.69, 9.17) is 38.4 Å². The number of nitrogen functional groups attached to an aromatic ring is 1. The number of ether oxygens (including phenoxy) is 2. The van der Waals surface area contributed by atoms with E-state index in [1.54, 1.807) is 25.3 Å². The van der Waals surface area contributed by atoms with Gasteiger partial charge in [-0.1, -0.05) is 29.3 Å². The molecule has 0 aliphatic carbocycles. The summed E-state index contributed by atoms with van der Waals surface area (Å²) in [6.45, 7) is -0.0876. The number of hydrogen-bond donors (Lipinski definition) is 3. The number of rotatable bonds is 6. The number of carbonyl (C=O) groups excluding carboxylic acids is 1. The van der Waals surface area contributed by atoms with Gasteiger partial charge in [-0.2, -0.15) is 0 Å². The molecule has 1 heterocycles. The quantitative estimate of drug-likeness (QED) is 0.232. The van der Waals surface area contributed by atoms with Crippen LogP contribution < -0.4 is 20.5 Å². The van der Waals surface area contributed by atoms with Crippen LogP contribution in [-0.2, 0) is 6.54 Å². The van der Waals surface area contributed by atoms with Crippen molar-refractivity contribution in [1.82, 2.24) is 10.3 Å². The van der Waals surface area contributed by atoms with Gasteiger partial charge in [0.05, 0.1) is 16.6 Å². The van der Waals surface area contributed by atoms with Crippen LogP contribution >= 0.6 is 39.1 Å². The van der Waals surface area contributed by atoms with E-state index >= 15 is 4.39 Å². The summed E-state index contributed by atoms with van der Waals surface area (Å²) in [6, 6.07) is 12.8. The average Bonchev–Trinajstić information content (AvgIpc) is 3.21. The van der Waals surface area contributed by atoms with E-state index in [1.165, 1.54) is 30.3 Å². The van der Waals surface area contributed by atoms with Crippen molar-refractivity contribution in [2.45, 2.75) is 6.54 Å². The van der Waals surface area contributed by atoms with Crippen LogP contribution in [0.25, 0.3) is 10.9 Å². The number of halogens is 4. The zero-order valence-electron chi connectivity index (χ0n) is 17.1. The van der Waals surface area contributed by atoms with Crippen molar-refractivity contribution in [2.75, 3.05) is 12.8 Å². The number of carbonyl (C=O) groups is 1. The molecule has 0 fully saturated rings. The molecule has 33 heavy (non-hydrogen) atoms. The monoisotopic (exact) mass is 551 g/mol. The third-order valence-electron chi connectivity index (χ3n) is 4.85. The number of benzene rings is 3. The minimum atomic E-state index is -0.703. The van der Waals surface area contributed by atoms with E-state index < -0.39 is 11.7 Å². The minimum absolute atomic E-state index is 0.0653. The van der Waals surface area contributed by atoms with Crippen molar-refractivity contribution >= 4 is 61.6 Å². The third kappa shape index (κ3) is 4.88. The average molecular weight is 553 g/mol. The fraction of sp³-hybridized carbons (Fsp3) is 0.0870. The van der Waals surface area contributed by atoms with Gasteiger partial charge in [-0.05, 0) is 52.3 Å². The number of methoxy groups -OCH3 is 1. The number of aromatic nitrogens is 1. The number of fused-ring (bicyclic) bond motifs is 1. The highest BCUT2D eigenvalue weighted by Crippen LogP contribution is 2.36. The molecule has 0 saturated carbocycles. The summed E-state index contributed by atoms with van der Waals surface area (Å²) in [6.07, 6.45) is 0. The van der Waals surface area contributed by atoms with Crippen molar-refractivity contribution < 1.29 is 18.7 Å². The summed E-state index contributed by atoms with van der Waals surface area (Å²) >= 11 is 15.6. The van der Waals surface area contributed by atoms with E-state index in [9.17, 15) is 4.79 Å². The summed E-state index contributed by atoms with van der Waals surface area (Å²) < 4.78 is 26.7. The van der Waals surface area contributed by atoms with Crippen LogP contribution in [0.2, 0.25) is 10.0 Å². The zero-order valence-corrected chi connectivity index (χ0v) is 20.2. The van der Waals surface area contributed by atoms with E-state index in [0.717, 1.165) is 15.4 Å². The fourth-order valence-electron chi connectivity index (χ4n) is 3.26. The molecule has 0 unspecified atom stereocenters. The molecule has 1 aromatic heterocycles. The molecule has 4 aromatic rings. The second kappa shape index (κ2) is 9.51. The van der Waals surface area contributed by atoms with E-state index in [0.29, 0.717) is 22.2 Å². The standard InChI is InChI=1S/C23H17BrCl2FN3O3/c1-32-19-5-4-17-15(20(19)24)9-18(30-17)23(31)29-10-11-2-3-16(26)22(21(11)27)33-14-7-12(25)6-13(28)8-14/h2-9,30H,10,28H2,1H3,(H,29,31). The van der Waals surface area contributed by atoms with E-state index in [-0.39, 0.29) is 28.6 Å². The number of H-pyrrole nitrogens is 1. The molecule has 3 aromatic carbocycles. The van der Waals surface area contributed by atoms with Gasteiger partial charge < -0.3 is 25.5 Å². The van der Waals surface area contributed by atoms with Crippen LogP contribution in [0.15, 0.2) is 53.0 Å². The SMILES string of the molecule is COc1ccc2[nH]c(C(=O)NCc3ccc(Cl)c(Oc4cc(N)cc(Cl)c4)c3F)cc2c1Br. The molecule has 10 heteroatoms. The van der Waals surface area contributed by atoms with Crippen molar-refractivity contribution in [1.29, 1.82) is 0 Å². The number of nitrogens with one attached hydrogen (secondary N) is 2. The molecule has 0 radical (unpaired) electrons. The molecular formula is C23H17BrCl2FN3O3. The molecule has 1 amide bonds. The maximum atomic E-state index is 15.1. The first-order valence-corrected chi connectivity index (χ1v) is 11.2. The van der Waals surface area contributed by atoms with E-state index in [1.807, 2.05) is 0 Å². The van der Waals surface area contributed by atoms with Crippen molar-refractivity contribution in [3.05, 3.63) is 80.1 Å². The second-order valence-electron chi connectivity index (χ2n) is 7.08. The first kappa shape index (κ1) is 23.2. The van der Waals surface area contributed by atoms with Gasteiger partial charge in [-0.25, -0.2) is 4.39 Å². The number of anilines is 1. The van der Waals surface area contributed by atoms with Gasteiger partial charge in [0.15, 0.2) is 11.6 Å². The maximum Gasteiger partial charge on any atom is 0.267 e. The Bertz CT molecular complexity index is 1360. The molecule has 0 atom stereocenters. The molecule has 6 nitrogen and oxygen atoms in total. The third-order valence-corrected chi connectivity index (χ3v) is 6.18. The summed E-state index contributed by atoms with van der Waals surface area (Å²) in [7, 11) is 1.56. The number of nitrogens with two attached hydrogens (primary N) is 1. The molecule has 4 rings (SSSR count). The van der Waals surface area contributed by atoms with Gasteiger partial charge in [-0.15, -0.1) is 0 Å². The van der Waals surface area contributed by atoms with Crippen LogP contribution in [-0.4, -0.2) is 18.0 Å². The van der Waals surface area contributed by atoms with Crippen molar-refractivity contribution in [3.63, 3.8) is 0 Å². The van der Waals surface area contributed by atoms with Gasteiger partial charge in [0.2, 0.25) is 0 Å². The highest BCUT2D eigenvalue weighted by Gasteiger charge is 2.18. The van der Waals surface area contributed by atoms with Crippen LogP contribution in [0.1, 0.15) is 16.1 Å². The largest absolute Gasteiger partial charge is 0.496 e. The van der Waals surface area contributed by atoms with Crippen LogP contribution in [0.4, 0.5) is 10.1 Å². The molecule has 0 bridgehead atoms. The number of hydrogen-bond acceptors (Lipinski definition) is 4. The Hall–Kier alpha value is -2.94. The molecular weight excluding hydrogens is 536 g/mol. The highest BCUT2D eigenvalue weighted by molar-refractivity contribution is 9.10. The van der Waals surface area contributed by atoms with Crippen molar-refractivity contribution in [2.24, 2.45) is 0 Å². The summed E-state index contributed by atoms with van der Waals surface area (Å²) in [4.78, 5) is 15.7. The van der Waals surface area contributed by atoms with Crippen LogP contribution in [0.5, 0.6) is 17.2 Å². The fourth-order valence-corrected chi connectivity index (χ4v) is 4.30. The second-order valence-corrected chi connectivity index (χ2v) is 8.72. The van der Waals surface area contributed by atoms with Gasteiger partial charge in [0.25, 0.3) is 5.91 Å². The Morgan fingerprint density at radius 1 is 1.18 bits per heavy atom. The van der Waals surface area contributed by atoms with Crippen LogP contribution in [0, 0.1) is 5.82 Å². The maximum absolute atomic E-state index is 15.1. The van der Waals surface area contributed by atoms with Crippen LogP contribution in [0.3, 0.4) is 0 Å². The first-order chi connectivity index (χ1) is 15.8. The van der Waals surface area contributed by atoms with Crippen molar-refractivity contribution in [3.8, 4) is 17.2 Å². The molecule has 0 spiro atoms. The Morgan fingerprint density at radius 2 is 1.97 bits per heavy atom. The summed E-state index contributed by atoms with van der Waals surface area (Å²) in [5, 5.41) is 3.89. The molecule has 0 aliphatic rings. The zero-order chi connectivity index (χ0) is 23.7. The number of amides is 1. The molecule has 0 aliphatic heterocycles. The van der Waals surface area contributed by atoms with Gasteiger partial charge in [0, 0.05) is 39.8 Å². The lowest BCUT2D eigenvalue weighted by atomic mass is 10.2. The topological polar surface area (TPSA) is 89.4 Å². The normalized spacial score (nSPS) is 10.9. The molecule has 4 N–H and O–H groups in total. The smallest absolute Gasteiger partial charge is 0.267 e. The number of aromatic amines is 1. The Morgan fingerprint density at radius 3 is 2.70 bits per heavy atom. The first-order valence-electron chi connectivity index (χ1n) is 9.61. The predicted molar refractivity (Wildman–Crippen MR) is 131 cm³/mol. The predicted octanol–water partition coefficient (Wildman–Crippen LogP) is 6.69. The van der Waals surface area contributed by atoms with Gasteiger partial charge in [-0.3, -0.25) is 4.79 Å². The Balaban J connectivity index is 1.54. The lowest BCUT2D eigenvalue weighted by molar-refractivity contribution is 0.0946. The summed E-state index contributed by atoms with van der Waals surface area (Å²) in [5.41, 5.74) is 7.38. The lowest BCUT2D eigenvalue weighted by Crippen LogP contribution is -2.23. The Kier molecular flexibility index (Phi) is 6.69. The minimum Gasteiger partial charge on any atom is -0.496 e. The highest BCUT2D eigenvalue weighted by atomic mass is 79.9. The van der Waals surface area contributed by atoms with Gasteiger partial charge in [0.1, 0.15) is 17.2 Å². The molecule has 0 saturated heterocycles. The van der Waals surface area contributed by atoms with Gasteiger partial charge >= 0.3 is 0 Å². The Labute approximate surface area is 206 Å². The van der Waals surface area contributed by atoms with E-state index in [2.05, 4.69) is 26.2 Å².